The fourth-order valence-electron chi connectivity index (χ4n) is 4.24. The van der Waals surface area contributed by atoms with E-state index in [1.165, 1.54) is 0 Å². The Hall–Kier alpha value is -2.45. The molecule has 0 aliphatic carbocycles. The minimum atomic E-state index is -0.00556. The standard InChI is InChI=1S/C23H31N3O5/c1-28-20-7-3-2-5-17(20)8-9-22(27)26-12-4-6-19(15-26)30-16-21-24-23(31-25-21)18-10-13-29-14-11-18/h2-3,5,7,18-19H,4,6,8-16H2,1H3. The minimum absolute atomic E-state index is 0.00556. The number of aryl methyl sites for hydroxylation is 1. The van der Waals surface area contributed by atoms with E-state index in [2.05, 4.69) is 10.1 Å². The number of amides is 1. The summed E-state index contributed by atoms with van der Waals surface area (Å²) in [7, 11) is 1.66. The van der Waals surface area contributed by atoms with E-state index in [-0.39, 0.29) is 17.9 Å². The Balaban J connectivity index is 1.24. The van der Waals surface area contributed by atoms with E-state index in [9.17, 15) is 4.79 Å². The highest BCUT2D eigenvalue weighted by atomic mass is 16.5. The molecule has 1 amide bonds. The molecule has 0 bridgehead atoms. The van der Waals surface area contributed by atoms with Gasteiger partial charge in [0.25, 0.3) is 0 Å². The lowest BCUT2D eigenvalue weighted by Gasteiger charge is -2.32. The van der Waals surface area contributed by atoms with E-state index in [1.807, 2.05) is 29.2 Å². The summed E-state index contributed by atoms with van der Waals surface area (Å²) in [6.07, 6.45) is 4.82. The number of carbonyl (C=O) groups excluding carboxylic acids is 1. The maximum Gasteiger partial charge on any atom is 0.230 e. The SMILES string of the molecule is COc1ccccc1CCC(=O)N1CCCC(OCc2noc(C3CCOCC3)n2)C1. The molecule has 0 radical (unpaired) electrons. The van der Waals surface area contributed by atoms with Crippen LogP contribution in [0.1, 0.15) is 55.3 Å². The lowest BCUT2D eigenvalue weighted by Crippen LogP contribution is -2.43. The third kappa shape index (κ3) is 5.83. The van der Waals surface area contributed by atoms with Gasteiger partial charge in [-0.2, -0.15) is 4.98 Å². The zero-order valence-corrected chi connectivity index (χ0v) is 18.1. The number of benzene rings is 1. The van der Waals surface area contributed by atoms with Crippen molar-refractivity contribution in [3.05, 3.63) is 41.5 Å². The molecule has 2 aliphatic rings. The largest absolute Gasteiger partial charge is 0.496 e. The van der Waals surface area contributed by atoms with Crippen molar-refractivity contribution in [3.63, 3.8) is 0 Å². The van der Waals surface area contributed by atoms with Gasteiger partial charge in [0.2, 0.25) is 11.8 Å². The number of rotatable bonds is 8. The summed E-state index contributed by atoms with van der Waals surface area (Å²) in [5, 5.41) is 4.06. The van der Waals surface area contributed by atoms with Gasteiger partial charge in [-0.05, 0) is 43.7 Å². The highest BCUT2D eigenvalue weighted by molar-refractivity contribution is 5.76. The predicted octanol–water partition coefficient (Wildman–Crippen LogP) is 3.11. The van der Waals surface area contributed by atoms with Gasteiger partial charge < -0.3 is 23.6 Å². The van der Waals surface area contributed by atoms with Crippen LogP contribution < -0.4 is 4.74 Å². The van der Waals surface area contributed by atoms with Crippen LogP contribution in [0.5, 0.6) is 5.75 Å². The molecule has 4 rings (SSSR count). The molecule has 31 heavy (non-hydrogen) atoms. The van der Waals surface area contributed by atoms with Crippen molar-refractivity contribution in [3.8, 4) is 5.75 Å². The van der Waals surface area contributed by atoms with E-state index in [4.69, 9.17) is 18.7 Å². The topological polar surface area (TPSA) is 86.9 Å². The second-order valence-electron chi connectivity index (χ2n) is 8.16. The molecule has 168 valence electrons. The first-order valence-electron chi connectivity index (χ1n) is 11.1. The van der Waals surface area contributed by atoms with Gasteiger partial charge in [0, 0.05) is 38.6 Å². The van der Waals surface area contributed by atoms with Crippen LogP contribution in [0.4, 0.5) is 0 Å². The molecule has 0 N–H and O–H groups in total. The Kier molecular flexibility index (Phi) is 7.53. The van der Waals surface area contributed by atoms with Gasteiger partial charge in [0.05, 0.1) is 13.2 Å². The van der Waals surface area contributed by atoms with Gasteiger partial charge in [0.15, 0.2) is 5.82 Å². The zero-order valence-electron chi connectivity index (χ0n) is 18.1. The number of carbonyl (C=O) groups is 1. The summed E-state index contributed by atoms with van der Waals surface area (Å²) in [5.41, 5.74) is 1.06. The Bertz CT molecular complexity index is 849. The quantitative estimate of drug-likeness (QED) is 0.637. The molecule has 2 fully saturated rings. The number of hydrogen-bond donors (Lipinski definition) is 0. The smallest absolute Gasteiger partial charge is 0.230 e. The summed E-state index contributed by atoms with van der Waals surface area (Å²) < 4.78 is 22.2. The molecule has 1 aromatic carbocycles. The Morgan fingerprint density at radius 3 is 2.90 bits per heavy atom. The van der Waals surface area contributed by atoms with Gasteiger partial charge in [-0.25, -0.2) is 0 Å². The van der Waals surface area contributed by atoms with Crippen molar-refractivity contribution in [1.29, 1.82) is 0 Å². The summed E-state index contributed by atoms with van der Waals surface area (Å²) in [6, 6.07) is 7.84. The lowest BCUT2D eigenvalue weighted by atomic mass is 10.0. The second-order valence-corrected chi connectivity index (χ2v) is 8.16. The third-order valence-corrected chi connectivity index (χ3v) is 6.03. The number of piperidine rings is 1. The van der Waals surface area contributed by atoms with Crippen LogP contribution in [0.2, 0.25) is 0 Å². The maximum absolute atomic E-state index is 12.7. The first-order valence-corrected chi connectivity index (χ1v) is 11.1. The van der Waals surface area contributed by atoms with Crippen LogP contribution >= 0.6 is 0 Å². The van der Waals surface area contributed by atoms with E-state index in [0.29, 0.717) is 37.7 Å². The van der Waals surface area contributed by atoms with Crippen molar-refractivity contribution in [2.24, 2.45) is 0 Å². The fraction of sp³-hybridized carbons (Fsp3) is 0.609. The molecule has 1 unspecified atom stereocenters. The van der Waals surface area contributed by atoms with Crippen molar-refractivity contribution in [2.45, 2.75) is 57.2 Å². The number of ether oxygens (including phenoxy) is 3. The van der Waals surface area contributed by atoms with Crippen LogP contribution in [0.3, 0.4) is 0 Å². The Morgan fingerprint density at radius 1 is 1.23 bits per heavy atom. The normalized spacial score (nSPS) is 20.0. The van der Waals surface area contributed by atoms with Crippen molar-refractivity contribution < 1.29 is 23.5 Å². The van der Waals surface area contributed by atoms with Gasteiger partial charge in [-0.3, -0.25) is 4.79 Å². The number of methoxy groups -OCH3 is 1. The highest BCUT2D eigenvalue weighted by Gasteiger charge is 2.26. The van der Waals surface area contributed by atoms with E-state index in [0.717, 1.165) is 56.8 Å². The van der Waals surface area contributed by atoms with Crippen molar-refractivity contribution in [1.82, 2.24) is 15.0 Å². The average molecular weight is 430 g/mol. The monoisotopic (exact) mass is 429 g/mol. The van der Waals surface area contributed by atoms with Crippen LogP contribution in [0.15, 0.2) is 28.8 Å². The van der Waals surface area contributed by atoms with Crippen molar-refractivity contribution in [2.75, 3.05) is 33.4 Å². The summed E-state index contributed by atoms with van der Waals surface area (Å²) in [6.45, 7) is 3.17. The van der Waals surface area contributed by atoms with Gasteiger partial charge >= 0.3 is 0 Å². The number of likely N-dealkylation sites (tertiary alicyclic amines) is 1. The molecule has 3 heterocycles. The van der Waals surface area contributed by atoms with Gasteiger partial charge in [-0.15, -0.1) is 0 Å². The number of nitrogens with zero attached hydrogens (tertiary/aromatic N) is 3. The molecule has 8 nitrogen and oxygen atoms in total. The summed E-state index contributed by atoms with van der Waals surface area (Å²) in [4.78, 5) is 19.2. The molecule has 2 aromatic rings. The average Bonchev–Trinajstić information content (AvgIpc) is 3.31. The first-order chi connectivity index (χ1) is 15.2. The number of aromatic nitrogens is 2. The fourth-order valence-corrected chi connectivity index (χ4v) is 4.24. The van der Waals surface area contributed by atoms with Crippen LogP contribution in [-0.4, -0.2) is 60.5 Å². The summed E-state index contributed by atoms with van der Waals surface area (Å²) >= 11 is 0. The van der Waals surface area contributed by atoms with Gasteiger partial charge in [0.1, 0.15) is 12.4 Å². The van der Waals surface area contributed by atoms with Crippen LogP contribution in [0, 0.1) is 0 Å². The minimum Gasteiger partial charge on any atom is -0.496 e. The summed E-state index contributed by atoms with van der Waals surface area (Å²) in [5.74, 6) is 2.51. The first kappa shape index (κ1) is 21.8. The van der Waals surface area contributed by atoms with Crippen LogP contribution in [-0.2, 0) is 27.3 Å². The molecular weight excluding hydrogens is 398 g/mol. The molecule has 8 heteroatoms. The lowest BCUT2D eigenvalue weighted by molar-refractivity contribution is -0.135. The molecule has 0 spiro atoms. The highest BCUT2D eigenvalue weighted by Crippen LogP contribution is 2.25. The zero-order chi connectivity index (χ0) is 21.5. The van der Waals surface area contributed by atoms with Crippen LogP contribution in [0.25, 0.3) is 0 Å². The number of hydrogen-bond acceptors (Lipinski definition) is 7. The Morgan fingerprint density at radius 2 is 2.06 bits per heavy atom. The second kappa shape index (κ2) is 10.7. The van der Waals surface area contributed by atoms with Crippen molar-refractivity contribution >= 4 is 5.91 Å². The molecule has 1 atom stereocenters. The molecule has 2 aliphatic heterocycles. The Labute approximate surface area is 182 Å². The molecule has 2 saturated heterocycles. The third-order valence-electron chi connectivity index (χ3n) is 6.03. The molecule has 1 aromatic heterocycles. The number of para-hydroxylation sites is 1. The molecule has 0 saturated carbocycles. The maximum atomic E-state index is 12.7. The predicted molar refractivity (Wildman–Crippen MR) is 113 cm³/mol. The van der Waals surface area contributed by atoms with E-state index < -0.39 is 0 Å². The molecular formula is C23H31N3O5. The van der Waals surface area contributed by atoms with Gasteiger partial charge in [-0.1, -0.05) is 23.4 Å². The van der Waals surface area contributed by atoms with E-state index in [1.54, 1.807) is 7.11 Å². The van der Waals surface area contributed by atoms with E-state index >= 15 is 0 Å².